The third kappa shape index (κ3) is 2.57. The van der Waals surface area contributed by atoms with Crippen molar-refractivity contribution in [3.8, 4) is 0 Å². The Kier molecular flexibility index (Phi) is 3.90. The lowest BCUT2D eigenvalue weighted by molar-refractivity contribution is 0.0670. The first-order chi connectivity index (χ1) is 11.3. The first-order valence-electron chi connectivity index (χ1n) is 8.04. The monoisotopic (exact) mass is 332 g/mol. The number of thiophene rings is 1. The van der Waals surface area contributed by atoms with Gasteiger partial charge in [0.05, 0.1) is 17.5 Å². The van der Waals surface area contributed by atoms with Crippen LogP contribution in [-0.4, -0.2) is 51.4 Å². The van der Waals surface area contributed by atoms with Gasteiger partial charge >= 0.3 is 0 Å². The van der Waals surface area contributed by atoms with Crippen LogP contribution in [0.1, 0.15) is 34.2 Å². The van der Waals surface area contributed by atoms with Gasteiger partial charge in [-0.25, -0.2) is 0 Å². The Morgan fingerprint density at radius 2 is 2.26 bits per heavy atom. The van der Waals surface area contributed by atoms with Crippen molar-refractivity contribution in [2.75, 3.05) is 13.7 Å². The number of hydrogen-bond acceptors (Lipinski definition) is 5. The number of aromatic nitrogens is 3. The average Bonchev–Trinajstić information content (AvgIpc) is 3.25. The van der Waals surface area contributed by atoms with Gasteiger partial charge in [0.1, 0.15) is 11.6 Å². The Balaban J connectivity index is 1.61. The van der Waals surface area contributed by atoms with Crippen molar-refractivity contribution < 1.29 is 9.53 Å². The molecule has 2 bridgehead atoms. The number of nitrogens with zero attached hydrogens (tertiary/aromatic N) is 4. The Morgan fingerprint density at radius 1 is 1.39 bits per heavy atom. The zero-order valence-electron chi connectivity index (χ0n) is 13.1. The van der Waals surface area contributed by atoms with Crippen LogP contribution in [0.3, 0.4) is 0 Å². The van der Waals surface area contributed by atoms with E-state index < -0.39 is 0 Å². The minimum Gasteiger partial charge on any atom is -0.384 e. The molecule has 0 N–H and O–H groups in total. The molecule has 0 radical (unpaired) electrons. The van der Waals surface area contributed by atoms with E-state index in [0.717, 1.165) is 48.8 Å². The third-order valence-corrected chi connectivity index (χ3v) is 5.69. The zero-order chi connectivity index (χ0) is 15.8. The molecule has 2 unspecified atom stereocenters. The minimum atomic E-state index is 0.171. The standard InChI is InChI=1S/C16H20N4O2S/c1-22-7-6-14-17-18-15-9-11-4-5-12(10-19(14)15)20(11)16(21)13-3-2-8-23-13/h2-3,8,11-12H,4-7,9-10H2,1H3. The van der Waals surface area contributed by atoms with Gasteiger partial charge in [0.25, 0.3) is 5.91 Å². The number of amides is 1. The van der Waals surface area contributed by atoms with Gasteiger partial charge in [-0.05, 0) is 24.3 Å². The predicted octanol–water partition coefficient (Wildman–Crippen LogP) is 1.76. The lowest BCUT2D eigenvalue weighted by Crippen LogP contribution is -2.41. The van der Waals surface area contributed by atoms with Crippen molar-refractivity contribution in [1.29, 1.82) is 0 Å². The fourth-order valence-electron chi connectivity index (χ4n) is 3.73. The summed E-state index contributed by atoms with van der Waals surface area (Å²) >= 11 is 1.52. The van der Waals surface area contributed by atoms with Crippen molar-refractivity contribution in [3.63, 3.8) is 0 Å². The van der Waals surface area contributed by atoms with Crippen LogP contribution in [0.15, 0.2) is 17.5 Å². The van der Waals surface area contributed by atoms with Crippen molar-refractivity contribution in [1.82, 2.24) is 19.7 Å². The van der Waals surface area contributed by atoms with Crippen LogP contribution >= 0.6 is 11.3 Å². The molecule has 1 saturated heterocycles. The number of hydrogen-bond donors (Lipinski definition) is 0. The maximum atomic E-state index is 12.9. The van der Waals surface area contributed by atoms with Gasteiger partial charge < -0.3 is 14.2 Å². The van der Waals surface area contributed by atoms with Gasteiger partial charge in [-0.2, -0.15) is 0 Å². The normalized spacial score (nSPS) is 22.9. The van der Waals surface area contributed by atoms with Gasteiger partial charge in [0, 0.05) is 32.5 Å². The van der Waals surface area contributed by atoms with Crippen molar-refractivity contribution in [3.05, 3.63) is 34.0 Å². The number of fused-ring (bicyclic) bond motifs is 3. The fraction of sp³-hybridized carbons (Fsp3) is 0.562. The van der Waals surface area contributed by atoms with Crippen LogP contribution in [0.4, 0.5) is 0 Å². The van der Waals surface area contributed by atoms with Crippen LogP contribution in [0.2, 0.25) is 0 Å². The second-order valence-electron chi connectivity index (χ2n) is 6.16. The summed E-state index contributed by atoms with van der Waals surface area (Å²) in [6.07, 6.45) is 3.68. The predicted molar refractivity (Wildman–Crippen MR) is 86.6 cm³/mol. The van der Waals surface area contributed by atoms with E-state index in [1.54, 1.807) is 7.11 Å². The Bertz CT molecular complexity index is 697. The summed E-state index contributed by atoms with van der Waals surface area (Å²) in [5.41, 5.74) is 0. The summed E-state index contributed by atoms with van der Waals surface area (Å²) in [5, 5.41) is 10.7. The Labute approximate surface area is 139 Å². The number of rotatable bonds is 4. The van der Waals surface area contributed by atoms with Crippen LogP contribution in [-0.2, 0) is 24.1 Å². The molecule has 7 heteroatoms. The molecule has 4 heterocycles. The first-order valence-corrected chi connectivity index (χ1v) is 8.92. The van der Waals surface area contributed by atoms with Gasteiger partial charge in [0.2, 0.25) is 0 Å². The lowest BCUT2D eigenvalue weighted by atomic mass is 10.1. The molecule has 2 atom stereocenters. The quantitative estimate of drug-likeness (QED) is 0.856. The summed E-state index contributed by atoms with van der Waals surface area (Å²) in [6, 6.07) is 4.35. The van der Waals surface area contributed by atoms with Crippen LogP contribution in [0.5, 0.6) is 0 Å². The molecule has 23 heavy (non-hydrogen) atoms. The minimum absolute atomic E-state index is 0.171. The van der Waals surface area contributed by atoms with Gasteiger partial charge in [-0.15, -0.1) is 21.5 Å². The summed E-state index contributed by atoms with van der Waals surface area (Å²) < 4.78 is 7.37. The van der Waals surface area contributed by atoms with E-state index in [-0.39, 0.29) is 18.0 Å². The molecule has 2 aliphatic heterocycles. The van der Waals surface area contributed by atoms with E-state index >= 15 is 0 Å². The Hall–Kier alpha value is -1.73. The maximum Gasteiger partial charge on any atom is 0.264 e. The molecule has 0 saturated carbocycles. The largest absolute Gasteiger partial charge is 0.384 e. The molecule has 0 aromatic carbocycles. The SMILES string of the molecule is COCCc1nnc2n1CC1CCC(C2)N1C(=O)c1cccs1. The fourth-order valence-corrected chi connectivity index (χ4v) is 4.40. The van der Waals surface area contributed by atoms with E-state index in [0.29, 0.717) is 6.61 Å². The van der Waals surface area contributed by atoms with E-state index in [4.69, 9.17) is 4.74 Å². The highest BCUT2D eigenvalue weighted by Gasteiger charge is 2.41. The third-order valence-electron chi connectivity index (χ3n) is 4.83. The molecular weight excluding hydrogens is 312 g/mol. The van der Waals surface area contributed by atoms with E-state index in [1.165, 1.54) is 11.3 Å². The number of carbonyl (C=O) groups excluding carboxylic acids is 1. The summed E-state index contributed by atoms with van der Waals surface area (Å²) in [7, 11) is 1.70. The second-order valence-corrected chi connectivity index (χ2v) is 7.11. The van der Waals surface area contributed by atoms with Gasteiger partial charge in [-0.1, -0.05) is 6.07 Å². The summed E-state index contributed by atoms with van der Waals surface area (Å²) in [4.78, 5) is 15.8. The molecule has 122 valence electrons. The summed E-state index contributed by atoms with van der Waals surface area (Å²) in [5.74, 6) is 2.15. The number of carbonyl (C=O) groups is 1. The molecule has 1 fully saturated rings. The van der Waals surface area contributed by atoms with E-state index in [9.17, 15) is 4.79 Å². The van der Waals surface area contributed by atoms with Crippen molar-refractivity contribution in [2.24, 2.45) is 0 Å². The molecule has 1 amide bonds. The smallest absolute Gasteiger partial charge is 0.264 e. The van der Waals surface area contributed by atoms with Crippen molar-refractivity contribution >= 4 is 17.2 Å². The van der Waals surface area contributed by atoms with Crippen LogP contribution in [0, 0.1) is 0 Å². The van der Waals surface area contributed by atoms with Gasteiger partial charge in [0.15, 0.2) is 0 Å². The first kappa shape index (κ1) is 14.8. The highest BCUT2D eigenvalue weighted by molar-refractivity contribution is 7.12. The second kappa shape index (κ2) is 6.05. The zero-order valence-corrected chi connectivity index (χ0v) is 14.0. The Morgan fingerprint density at radius 3 is 3.04 bits per heavy atom. The molecule has 6 nitrogen and oxygen atoms in total. The van der Waals surface area contributed by atoms with Gasteiger partial charge in [-0.3, -0.25) is 4.79 Å². The highest BCUT2D eigenvalue weighted by Crippen LogP contribution is 2.33. The molecule has 2 aromatic rings. The molecular formula is C16H20N4O2S. The molecule has 2 aromatic heterocycles. The average molecular weight is 332 g/mol. The van der Waals surface area contributed by atoms with Crippen LogP contribution in [0.25, 0.3) is 0 Å². The van der Waals surface area contributed by atoms with E-state index in [2.05, 4.69) is 19.7 Å². The van der Waals surface area contributed by atoms with E-state index in [1.807, 2.05) is 17.5 Å². The maximum absolute atomic E-state index is 12.9. The molecule has 0 spiro atoms. The topological polar surface area (TPSA) is 60.3 Å². The summed E-state index contributed by atoms with van der Waals surface area (Å²) in [6.45, 7) is 1.44. The molecule has 2 aliphatic rings. The lowest BCUT2D eigenvalue weighted by Gasteiger charge is -2.27. The number of methoxy groups -OCH3 is 1. The number of ether oxygens (including phenoxy) is 1. The molecule has 0 aliphatic carbocycles. The highest BCUT2D eigenvalue weighted by atomic mass is 32.1. The van der Waals surface area contributed by atoms with Crippen molar-refractivity contribution in [2.45, 2.75) is 44.3 Å². The molecule has 4 rings (SSSR count). The van der Waals surface area contributed by atoms with Crippen LogP contribution < -0.4 is 0 Å².